The number of rotatable bonds is 5. The average Bonchev–Trinajstić information content (AvgIpc) is 2.53. The fraction of sp³-hybridized carbons (Fsp3) is 0.188. The van der Waals surface area contributed by atoms with Gasteiger partial charge in [-0.05, 0) is 36.8 Å². The van der Waals surface area contributed by atoms with Gasteiger partial charge in [0.25, 0.3) is 0 Å². The Morgan fingerprint density at radius 2 is 2.05 bits per heavy atom. The van der Waals surface area contributed by atoms with Gasteiger partial charge in [-0.3, -0.25) is 9.78 Å². The lowest BCUT2D eigenvalue weighted by atomic mass is 10.1. The highest BCUT2D eigenvalue weighted by Gasteiger charge is 2.10. The largest absolute Gasteiger partial charge is 0.465 e. The predicted octanol–water partition coefficient (Wildman–Crippen LogP) is 2.47. The second kappa shape index (κ2) is 6.65. The molecule has 0 aliphatic rings. The number of ketones is 1. The number of pyridine rings is 1. The van der Waals surface area contributed by atoms with E-state index in [4.69, 9.17) is 0 Å². The van der Waals surface area contributed by atoms with E-state index in [9.17, 15) is 9.59 Å². The second-order valence-corrected chi connectivity index (χ2v) is 4.54. The summed E-state index contributed by atoms with van der Waals surface area (Å²) in [5, 5.41) is 3.05. The van der Waals surface area contributed by atoms with Crippen LogP contribution in [0.4, 0.5) is 5.69 Å². The number of esters is 1. The molecule has 1 heterocycles. The van der Waals surface area contributed by atoms with Crippen molar-refractivity contribution in [1.29, 1.82) is 0 Å². The first-order valence-corrected chi connectivity index (χ1v) is 6.48. The molecular formula is C16H16N2O3. The Morgan fingerprint density at radius 3 is 2.71 bits per heavy atom. The number of hydrogen-bond acceptors (Lipinski definition) is 5. The van der Waals surface area contributed by atoms with Gasteiger partial charge < -0.3 is 10.1 Å². The zero-order valence-corrected chi connectivity index (χ0v) is 11.9. The third-order valence-corrected chi connectivity index (χ3v) is 3.08. The maximum Gasteiger partial charge on any atom is 0.337 e. The van der Waals surface area contributed by atoms with E-state index in [-0.39, 0.29) is 12.3 Å². The first-order valence-electron chi connectivity index (χ1n) is 6.48. The Bertz CT molecular complexity index is 654. The first-order chi connectivity index (χ1) is 10.1. The number of anilines is 1. The van der Waals surface area contributed by atoms with E-state index in [0.717, 1.165) is 11.3 Å². The molecule has 0 radical (unpaired) electrons. The van der Waals surface area contributed by atoms with E-state index >= 15 is 0 Å². The van der Waals surface area contributed by atoms with Crippen molar-refractivity contribution in [2.24, 2.45) is 0 Å². The molecule has 0 aliphatic heterocycles. The molecule has 5 nitrogen and oxygen atoms in total. The number of hydrogen-bond donors (Lipinski definition) is 1. The standard InChI is InChI=1S/C16H16N2O3/c1-11-5-6-12(16(20)21-2)8-14(11)18-10-15(19)13-4-3-7-17-9-13/h3-9,18H,10H2,1-2H3. The predicted molar refractivity (Wildman–Crippen MR) is 79.6 cm³/mol. The van der Waals surface area contributed by atoms with Crippen molar-refractivity contribution >= 4 is 17.4 Å². The molecule has 0 bridgehead atoms. The van der Waals surface area contributed by atoms with Crippen LogP contribution in [0.1, 0.15) is 26.3 Å². The van der Waals surface area contributed by atoms with E-state index in [1.165, 1.54) is 13.3 Å². The van der Waals surface area contributed by atoms with E-state index in [2.05, 4.69) is 15.0 Å². The number of Topliss-reactive ketones (excluding diaryl/α,β-unsaturated/α-hetero) is 1. The highest BCUT2D eigenvalue weighted by atomic mass is 16.5. The van der Waals surface area contributed by atoms with Crippen molar-refractivity contribution in [2.45, 2.75) is 6.92 Å². The average molecular weight is 284 g/mol. The Kier molecular flexibility index (Phi) is 4.66. The summed E-state index contributed by atoms with van der Waals surface area (Å²) in [6.07, 6.45) is 3.15. The van der Waals surface area contributed by atoms with Crippen LogP contribution < -0.4 is 5.32 Å². The summed E-state index contributed by atoms with van der Waals surface area (Å²) in [4.78, 5) is 27.4. The third-order valence-electron chi connectivity index (χ3n) is 3.08. The molecule has 0 unspecified atom stereocenters. The van der Waals surface area contributed by atoms with Gasteiger partial charge in [0.2, 0.25) is 0 Å². The van der Waals surface area contributed by atoms with Crippen LogP contribution in [-0.2, 0) is 4.74 Å². The topological polar surface area (TPSA) is 68.3 Å². The lowest BCUT2D eigenvalue weighted by molar-refractivity contribution is 0.0600. The molecule has 21 heavy (non-hydrogen) atoms. The van der Waals surface area contributed by atoms with Crippen molar-refractivity contribution in [3.05, 3.63) is 59.4 Å². The van der Waals surface area contributed by atoms with Gasteiger partial charge in [0.1, 0.15) is 0 Å². The first kappa shape index (κ1) is 14.7. The molecule has 1 aromatic carbocycles. The molecule has 0 fully saturated rings. The van der Waals surface area contributed by atoms with Gasteiger partial charge in [-0.1, -0.05) is 6.07 Å². The van der Waals surface area contributed by atoms with Crippen molar-refractivity contribution < 1.29 is 14.3 Å². The Morgan fingerprint density at radius 1 is 1.24 bits per heavy atom. The summed E-state index contributed by atoms with van der Waals surface area (Å²) in [6.45, 7) is 2.04. The number of methoxy groups -OCH3 is 1. The van der Waals surface area contributed by atoms with E-state index in [1.54, 1.807) is 30.5 Å². The van der Waals surface area contributed by atoms with Crippen LogP contribution in [-0.4, -0.2) is 30.4 Å². The normalized spacial score (nSPS) is 10.0. The van der Waals surface area contributed by atoms with Crippen molar-refractivity contribution in [3.8, 4) is 0 Å². The van der Waals surface area contributed by atoms with Crippen LogP contribution >= 0.6 is 0 Å². The van der Waals surface area contributed by atoms with E-state index in [0.29, 0.717) is 11.1 Å². The molecule has 0 amide bonds. The third kappa shape index (κ3) is 3.66. The molecule has 0 saturated carbocycles. The number of nitrogens with one attached hydrogen (secondary N) is 1. The highest BCUT2D eigenvalue weighted by Crippen LogP contribution is 2.17. The zero-order chi connectivity index (χ0) is 15.2. The van der Waals surface area contributed by atoms with E-state index in [1.807, 2.05) is 13.0 Å². The molecule has 1 N–H and O–H groups in total. The molecular weight excluding hydrogens is 268 g/mol. The zero-order valence-electron chi connectivity index (χ0n) is 11.9. The van der Waals surface area contributed by atoms with Gasteiger partial charge in [0.05, 0.1) is 19.2 Å². The fourth-order valence-corrected chi connectivity index (χ4v) is 1.86. The summed E-state index contributed by atoms with van der Waals surface area (Å²) in [6, 6.07) is 8.61. The highest BCUT2D eigenvalue weighted by molar-refractivity contribution is 5.99. The summed E-state index contributed by atoms with van der Waals surface area (Å²) in [7, 11) is 1.33. The molecule has 5 heteroatoms. The minimum Gasteiger partial charge on any atom is -0.465 e. The number of aryl methyl sites for hydroxylation is 1. The lowest BCUT2D eigenvalue weighted by Gasteiger charge is -2.10. The molecule has 108 valence electrons. The Hall–Kier alpha value is -2.69. The quantitative estimate of drug-likeness (QED) is 0.674. The second-order valence-electron chi connectivity index (χ2n) is 4.54. The molecule has 0 spiro atoms. The van der Waals surface area contributed by atoms with Crippen LogP contribution in [0.3, 0.4) is 0 Å². The lowest BCUT2D eigenvalue weighted by Crippen LogP contribution is -2.15. The maximum absolute atomic E-state index is 12.0. The molecule has 1 aromatic heterocycles. The van der Waals surface area contributed by atoms with Crippen molar-refractivity contribution in [3.63, 3.8) is 0 Å². The Labute approximate surface area is 123 Å². The maximum atomic E-state index is 12.0. The molecule has 2 aromatic rings. The van der Waals surface area contributed by atoms with Crippen molar-refractivity contribution in [2.75, 3.05) is 19.0 Å². The smallest absolute Gasteiger partial charge is 0.337 e. The SMILES string of the molecule is COC(=O)c1ccc(C)c(NCC(=O)c2cccnc2)c1. The Balaban J connectivity index is 2.09. The van der Waals surface area contributed by atoms with Gasteiger partial charge in [0.15, 0.2) is 5.78 Å². The summed E-state index contributed by atoms with van der Waals surface area (Å²) in [5.41, 5.74) is 2.67. The monoisotopic (exact) mass is 284 g/mol. The molecule has 2 rings (SSSR count). The number of ether oxygens (including phenoxy) is 1. The molecule has 0 saturated heterocycles. The number of nitrogens with zero attached hydrogens (tertiary/aromatic N) is 1. The van der Waals surface area contributed by atoms with Crippen LogP contribution in [0.25, 0.3) is 0 Å². The van der Waals surface area contributed by atoms with Crippen LogP contribution in [0.5, 0.6) is 0 Å². The van der Waals surface area contributed by atoms with Gasteiger partial charge in [0, 0.05) is 23.6 Å². The van der Waals surface area contributed by atoms with Crippen LogP contribution in [0.15, 0.2) is 42.7 Å². The van der Waals surface area contributed by atoms with Gasteiger partial charge in [-0.25, -0.2) is 4.79 Å². The number of carbonyl (C=O) groups excluding carboxylic acids is 2. The fourth-order valence-electron chi connectivity index (χ4n) is 1.86. The number of benzene rings is 1. The summed E-state index contributed by atoms with van der Waals surface area (Å²) < 4.78 is 4.68. The van der Waals surface area contributed by atoms with Crippen LogP contribution in [0, 0.1) is 6.92 Å². The van der Waals surface area contributed by atoms with Crippen LogP contribution in [0.2, 0.25) is 0 Å². The van der Waals surface area contributed by atoms with E-state index < -0.39 is 5.97 Å². The summed E-state index contributed by atoms with van der Waals surface area (Å²) >= 11 is 0. The van der Waals surface area contributed by atoms with Gasteiger partial charge in [-0.15, -0.1) is 0 Å². The number of carbonyl (C=O) groups is 2. The minimum absolute atomic E-state index is 0.0639. The van der Waals surface area contributed by atoms with Gasteiger partial charge in [-0.2, -0.15) is 0 Å². The number of aromatic nitrogens is 1. The molecule has 0 atom stereocenters. The minimum atomic E-state index is -0.406. The van der Waals surface area contributed by atoms with Gasteiger partial charge >= 0.3 is 5.97 Å². The summed E-state index contributed by atoms with van der Waals surface area (Å²) in [5.74, 6) is -0.470. The van der Waals surface area contributed by atoms with Crippen molar-refractivity contribution in [1.82, 2.24) is 4.98 Å². The molecule has 0 aliphatic carbocycles.